The highest BCUT2D eigenvalue weighted by Gasteiger charge is 2.49. The Kier molecular flexibility index (Phi) is 2.34. The zero-order chi connectivity index (χ0) is 10.2. The average Bonchev–Trinajstić information content (AvgIpc) is 2.56. The molecule has 2 aliphatic rings. The second kappa shape index (κ2) is 3.38. The summed E-state index contributed by atoms with van der Waals surface area (Å²) in [5.74, 6) is 0. The van der Waals surface area contributed by atoms with Crippen LogP contribution in [-0.2, 0) is 4.74 Å². The molecule has 2 fully saturated rings. The van der Waals surface area contributed by atoms with Gasteiger partial charge in [0, 0.05) is 13.0 Å². The average molecular weight is 201 g/mol. The van der Waals surface area contributed by atoms with Crippen molar-refractivity contribution < 1.29 is 9.13 Å². The van der Waals surface area contributed by atoms with Gasteiger partial charge in [0.2, 0.25) is 0 Å². The van der Waals surface area contributed by atoms with Gasteiger partial charge in [-0.3, -0.25) is 10.3 Å². The van der Waals surface area contributed by atoms with Crippen LogP contribution < -0.4 is 5.73 Å². The second-order valence-electron chi connectivity index (χ2n) is 4.23. The highest BCUT2D eigenvalue weighted by molar-refractivity contribution is 5.67. The summed E-state index contributed by atoms with van der Waals surface area (Å²) in [7, 11) is 0. The van der Waals surface area contributed by atoms with E-state index in [1.54, 1.807) is 0 Å². The Labute approximate surface area is 82.7 Å². The largest absolute Gasteiger partial charge is 0.464 e. The van der Waals surface area contributed by atoms with Crippen molar-refractivity contribution >= 4 is 6.02 Å². The van der Waals surface area contributed by atoms with Crippen LogP contribution in [0.25, 0.3) is 0 Å². The molecular formula is C9H16FN3O. The quantitative estimate of drug-likeness (QED) is 0.504. The molecule has 2 heterocycles. The van der Waals surface area contributed by atoms with Gasteiger partial charge < -0.3 is 10.5 Å². The van der Waals surface area contributed by atoms with Crippen LogP contribution in [0.4, 0.5) is 4.39 Å². The zero-order valence-electron chi connectivity index (χ0n) is 8.13. The summed E-state index contributed by atoms with van der Waals surface area (Å²) in [5, 5.41) is 7.00. The molecule has 0 aromatic heterocycles. The molecule has 0 aromatic rings. The van der Waals surface area contributed by atoms with E-state index in [9.17, 15) is 4.39 Å². The summed E-state index contributed by atoms with van der Waals surface area (Å²) < 4.78 is 18.3. The Hall–Kier alpha value is -0.840. The van der Waals surface area contributed by atoms with Gasteiger partial charge in [-0.25, -0.2) is 4.39 Å². The number of ether oxygens (including phenoxy) is 1. The third-order valence-corrected chi connectivity index (χ3v) is 3.26. The number of amidine groups is 1. The molecule has 0 aliphatic carbocycles. The number of hydrogen-bond acceptors (Lipinski definition) is 3. The predicted octanol–water partition coefficient (Wildman–Crippen LogP) is 0.473. The first-order chi connectivity index (χ1) is 6.62. The van der Waals surface area contributed by atoms with Gasteiger partial charge in [0.25, 0.3) is 6.02 Å². The molecule has 0 aromatic carbocycles. The van der Waals surface area contributed by atoms with Crippen molar-refractivity contribution in [3.63, 3.8) is 0 Å². The van der Waals surface area contributed by atoms with Gasteiger partial charge in [-0.05, 0) is 19.4 Å². The van der Waals surface area contributed by atoms with Crippen molar-refractivity contribution in [3.8, 4) is 0 Å². The van der Waals surface area contributed by atoms with Crippen molar-refractivity contribution in [2.75, 3.05) is 19.7 Å². The fourth-order valence-electron chi connectivity index (χ4n) is 2.66. The van der Waals surface area contributed by atoms with E-state index in [4.69, 9.17) is 15.9 Å². The van der Waals surface area contributed by atoms with Crippen LogP contribution in [0, 0.1) is 5.41 Å². The molecule has 2 saturated heterocycles. The van der Waals surface area contributed by atoms with Crippen LogP contribution >= 0.6 is 0 Å². The lowest BCUT2D eigenvalue weighted by Crippen LogP contribution is -2.43. The van der Waals surface area contributed by atoms with Gasteiger partial charge in [0.15, 0.2) is 0 Å². The van der Waals surface area contributed by atoms with Gasteiger partial charge in [0.05, 0.1) is 5.54 Å². The molecule has 0 unspecified atom stereocenters. The number of halogens is 1. The third-order valence-electron chi connectivity index (χ3n) is 3.26. The van der Waals surface area contributed by atoms with Crippen molar-refractivity contribution in [2.24, 2.45) is 5.73 Å². The van der Waals surface area contributed by atoms with Crippen molar-refractivity contribution in [1.82, 2.24) is 4.90 Å². The minimum atomic E-state index is -0.745. The van der Waals surface area contributed by atoms with E-state index in [2.05, 4.69) is 4.90 Å². The topological polar surface area (TPSA) is 62.3 Å². The number of nitrogens with two attached hydrogens (primary N) is 1. The minimum Gasteiger partial charge on any atom is -0.464 e. The van der Waals surface area contributed by atoms with Gasteiger partial charge in [-0.2, -0.15) is 0 Å². The van der Waals surface area contributed by atoms with E-state index in [-0.39, 0.29) is 11.6 Å². The summed E-state index contributed by atoms with van der Waals surface area (Å²) in [4.78, 5) is 2.14. The molecule has 2 rings (SSSR count). The van der Waals surface area contributed by atoms with Crippen LogP contribution in [-0.4, -0.2) is 42.3 Å². The fraction of sp³-hybridized carbons (Fsp3) is 0.889. The second-order valence-corrected chi connectivity index (χ2v) is 4.23. The molecule has 0 spiro atoms. The molecule has 0 saturated carbocycles. The maximum atomic E-state index is 13.2. The first kappa shape index (κ1) is 9.71. The zero-order valence-corrected chi connectivity index (χ0v) is 8.13. The standard InChI is InChI=1S/C9H16FN3O/c10-7-4-9(6-14-8(11)12)2-1-3-13(9)5-7/h7H,1-6H2,(H3,11,12)/t7-,9+/m1/s1. The van der Waals surface area contributed by atoms with Gasteiger partial charge in [-0.15, -0.1) is 0 Å². The summed E-state index contributed by atoms with van der Waals surface area (Å²) >= 11 is 0. The van der Waals surface area contributed by atoms with Crippen LogP contribution in [0.2, 0.25) is 0 Å². The molecule has 80 valence electrons. The minimum absolute atomic E-state index is 0.176. The smallest absolute Gasteiger partial charge is 0.279 e. The molecule has 5 heteroatoms. The molecule has 0 radical (unpaired) electrons. The normalized spacial score (nSPS) is 37.1. The molecule has 0 amide bonds. The highest BCUT2D eigenvalue weighted by Crippen LogP contribution is 2.40. The Morgan fingerprint density at radius 1 is 1.71 bits per heavy atom. The van der Waals surface area contributed by atoms with Gasteiger partial charge >= 0.3 is 0 Å². The molecule has 3 N–H and O–H groups in total. The number of hydrogen-bond donors (Lipinski definition) is 2. The number of rotatable bonds is 2. The number of nitrogens with zero attached hydrogens (tertiary/aromatic N) is 1. The Morgan fingerprint density at radius 3 is 3.21 bits per heavy atom. The van der Waals surface area contributed by atoms with E-state index in [1.165, 1.54) is 0 Å². The maximum Gasteiger partial charge on any atom is 0.279 e. The van der Waals surface area contributed by atoms with E-state index in [0.29, 0.717) is 19.6 Å². The Morgan fingerprint density at radius 2 is 2.50 bits per heavy atom. The molecular weight excluding hydrogens is 185 g/mol. The van der Waals surface area contributed by atoms with Crippen molar-refractivity contribution in [3.05, 3.63) is 0 Å². The summed E-state index contributed by atoms with van der Waals surface area (Å²) in [6.45, 7) is 1.83. The lowest BCUT2D eigenvalue weighted by atomic mass is 9.95. The number of alkyl halides is 1. The summed E-state index contributed by atoms with van der Waals surface area (Å²) in [5.41, 5.74) is 4.96. The first-order valence-corrected chi connectivity index (χ1v) is 4.98. The molecule has 2 aliphatic heterocycles. The van der Waals surface area contributed by atoms with Crippen molar-refractivity contribution in [1.29, 1.82) is 5.41 Å². The Bertz CT molecular complexity index is 248. The lowest BCUT2D eigenvalue weighted by molar-refractivity contribution is 0.105. The molecule has 0 bridgehead atoms. The summed E-state index contributed by atoms with van der Waals surface area (Å²) in [6, 6.07) is -0.270. The van der Waals surface area contributed by atoms with Crippen LogP contribution in [0.1, 0.15) is 19.3 Å². The first-order valence-electron chi connectivity index (χ1n) is 4.98. The van der Waals surface area contributed by atoms with Crippen molar-refractivity contribution in [2.45, 2.75) is 31.0 Å². The number of nitrogens with one attached hydrogen (secondary N) is 1. The van der Waals surface area contributed by atoms with Crippen LogP contribution in [0.15, 0.2) is 0 Å². The third kappa shape index (κ3) is 1.56. The fourth-order valence-corrected chi connectivity index (χ4v) is 2.66. The molecule has 2 atom stereocenters. The van der Waals surface area contributed by atoms with E-state index in [1.807, 2.05) is 0 Å². The SMILES string of the molecule is N=C(N)OC[C@@]12CCCN1C[C@H](F)C2. The molecule has 4 nitrogen and oxygen atoms in total. The monoisotopic (exact) mass is 201 g/mol. The van der Waals surface area contributed by atoms with Gasteiger partial charge in [0.1, 0.15) is 12.8 Å². The predicted molar refractivity (Wildman–Crippen MR) is 50.9 cm³/mol. The van der Waals surface area contributed by atoms with Crippen LogP contribution in [0.5, 0.6) is 0 Å². The lowest BCUT2D eigenvalue weighted by Gasteiger charge is -2.30. The van der Waals surface area contributed by atoms with E-state index in [0.717, 1.165) is 19.4 Å². The Balaban J connectivity index is 2.01. The molecule has 14 heavy (non-hydrogen) atoms. The number of fused-ring (bicyclic) bond motifs is 1. The van der Waals surface area contributed by atoms with E-state index < -0.39 is 6.17 Å². The maximum absolute atomic E-state index is 13.2. The van der Waals surface area contributed by atoms with Crippen LogP contribution in [0.3, 0.4) is 0 Å². The highest BCUT2D eigenvalue weighted by atomic mass is 19.1. The van der Waals surface area contributed by atoms with E-state index >= 15 is 0 Å². The summed E-state index contributed by atoms with van der Waals surface area (Å²) in [6.07, 6.45) is 1.83. The van der Waals surface area contributed by atoms with Gasteiger partial charge in [-0.1, -0.05) is 0 Å².